The highest BCUT2D eigenvalue weighted by Gasteiger charge is 2.11. The molecule has 1 heterocycles. The van der Waals surface area contributed by atoms with Crippen molar-refractivity contribution in [2.75, 3.05) is 19.6 Å². The first kappa shape index (κ1) is 8.37. The van der Waals surface area contributed by atoms with Gasteiger partial charge >= 0.3 is 0 Å². The fourth-order valence-corrected chi connectivity index (χ4v) is 0.865. The lowest BCUT2D eigenvalue weighted by atomic mass is 9.97. The Morgan fingerprint density at radius 3 is 2.73 bits per heavy atom. The van der Waals surface area contributed by atoms with Crippen LogP contribution >= 0.6 is 0 Å². The zero-order valence-electron chi connectivity index (χ0n) is 7.57. The van der Waals surface area contributed by atoms with E-state index in [0.29, 0.717) is 5.41 Å². The highest BCUT2D eigenvalue weighted by atomic mass is 15.2. The molecule has 0 aliphatic carbocycles. The van der Waals surface area contributed by atoms with Gasteiger partial charge in [-0.25, -0.2) is 0 Å². The molecule has 2 N–H and O–H groups in total. The van der Waals surface area contributed by atoms with Crippen LogP contribution in [0.3, 0.4) is 0 Å². The summed E-state index contributed by atoms with van der Waals surface area (Å²) >= 11 is 0. The lowest BCUT2D eigenvalue weighted by Crippen LogP contribution is -2.38. The highest BCUT2D eigenvalue weighted by Crippen LogP contribution is 2.09. The molecule has 3 nitrogen and oxygen atoms in total. The number of hydrogen-bond donors (Lipinski definition) is 2. The molecule has 0 aromatic carbocycles. The maximum absolute atomic E-state index is 4.23. The fourth-order valence-electron chi connectivity index (χ4n) is 0.865. The van der Waals surface area contributed by atoms with Crippen molar-refractivity contribution in [3.05, 3.63) is 0 Å². The van der Waals surface area contributed by atoms with Crippen molar-refractivity contribution in [3.8, 4) is 0 Å². The quantitative estimate of drug-likeness (QED) is 0.581. The summed E-state index contributed by atoms with van der Waals surface area (Å²) in [5.74, 6) is 0.958. The van der Waals surface area contributed by atoms with Crippen molar-refractivity contribution in [2.24, 2.45) is 10.4 Å². The Morgan fingerprint density at radius 2 is 2.27 bits per heavy atom. The first-order valence-electron chi connectivity index (χ1n) is 4.10. The smallest absolute Gasteiger partial charge is 0.191 e. The average molecular weight is 155 g/mol. The molecular formula is C8H17N3. The van der Waals surface area contributed by atoms with Gasteiger partial charge < -0.3 is 10.6 Å². The van der Waals surface area contributed by atoms with E-state index in [1.54, 1.807) is 0 Å². The van der Waals surface area contributed by atoms with Crippen molar-refractivity contribution in [2.45, 2.75) is 20.8 Å². The van der Waals surface area contributed by atoms with Gasteiger partial charge in [-0.05, 0) is 5.41 Å². The number of aliphatic imine (C=N–C) groups is 1. The molecule has 0 radical (unpaired) electrons. The Kier molecular flexibility index (Phi) is 2.37. The minimum atomic E-state index is 0.326. The summed E-state index contributed by atoms with van der Waals surface area (Å²) in [5, 5.41) is 6.43. The van der Waals surface area contributed by atoms with Crippen molar-refractivity contribution in [1.82, 2.24) is 10.6 Å². The first-order valence-corrected chi connectivity index (χ1v) is 4.10. The summed E-state index contributed by atoms with van der Waals surface area (Å²) in [4.78, 5) is 4.23. The molecule has 1 aliphatic rings. The van der Waals surface area contributed by atoms with Gasteiger partial charge in [0.15, 0.2) is 5.96 Å². The molecule has 0 bridgehead atoms. The van der Waals surface area contributed by atoms with Crippen molar-refractivity contribution in [3.63, 3.8) is 0 Å². The van der Waals surface area contributed by atoms with E-state index < -0.39 is 0 Å². The van der Waals surface area contributed by atoms with Gasteiger partial charge in [-0.2, -0.15) is 0 Å². The molecule has 0 fully saturated rings. The highest BCUT2D eigenvalue weighted by molar-refractivity contribution is 5.81. The van der Waals surface area contributed by atoms with Crippen LogP contribution in [-0.2, 0) is 0 Å². The standard InChI is InChI=1S/C8H17N3/c1-8(2,3)6-11-7-9-4-5-10-7/h4-6H2,1-3H3,(H2,9,10,11). The normalized spacial score (nSPS) is 17.5. The Labute approximate surface area is 68.3 Å². The molecule has 11 heavy (non-hydrogen) atoms. The van der Waals surface area contributed by atoms with Crippen molar-refractivity contribution < 1.29 is 0 Å². The molecule has 1 rings (SSSR count). The molecule has 0 saturated heterocycles. The predicted molar refractivity (Wildman–Crippen MR) is 47.8 cm³/mol. The molecule has 0 aromatic rings. The van der Waals surface area contributed by atoms with Gasteiger partial charge in [-0.1, -0.05) is 20.8 Å². The molecule has 0 saturated carbocycles. The van der Waals surface area contributed by atoms with Crippen molar-refractivity contribution in [1.29, 1.82) is 0 Å². The van der Waals surface area contributed by atoms with Crippen molar-refractivity contribution >= 4 is 5.96 Å². The molecule has 0 unspecified atom stereocenters. The van der Waals surface area contributed by atoms with E-state index >= 15 is 0 Å². The molecule has 0 atom stereocenters. The van der Waals surface area contributed by atoms with Gasteiger partial charge in [0.1, 0.15) is 0 Å². The Bertz CT molecular complexity index is 155. The molecule has 0 amide bonds. The van der Waals surface area contributed by atoms with E-state index in [1.165, 1.54) is 0 Å². The van der Waals surface area contributed by atoms with Gasteiger partial charge in [0, 0.05) is 13.1 Å². The van der Waals surface area contributed by atoms with Crippen LogP contribution in [-0.4, -0.2) is 25.6 Å². The third-order valence-corrected chi connectivity index (χ3v) is 1.46. The summed E-state index contributed by atoms with van der Waals surface area (Å²) in [5.41, 5.74) is 0.326. The van der Waals surface area contributed by atoms with Gasteiger partial charge in [0.2, 0.25) is 0 Å². The van der Waals surface area contributed by atoms with E-state index in [4.69, 9.17) is 0 Å². The minimum absolute atomic E-state index is 0.326. The van der Waals surface area contributed by atoms with Crippen LogP contribution in [0.25, 0.3) is 0 Å². The van der Waals surface area contributed by atoms with Gasteiger partial charge in [0.25, 0.3) is 0 Å². The minimum Gasteiger partial charge on any atom is -0.356 e. The maximum atomic E-state index is 4.23. The average Bonchev–Trinajstić information content (AvgIpc) is 2.32. The predicted octanol–water partition coefficient (Wildman–Crippen LogP) is 0.581. The lowest BCUT2D eigenvalue weighted by Gasteiger charge is -2.19. The van der Waals surface area contributed by atoms with E-state index in [1.807, 2.05) is 0 Å². The van der Waals surface area contributed by atoms with Gasteiger partial charge in [-0.15, -0.1) is 0 Å². The number of hydrogen-bond acceptors (Lipinski definition) is 3. The first-order chi connectivity index (χ1) is 5.08. The van der Waals surface area contributed by atoms with Crippen LogP contribution in [0, 0.1) is 5.41 Å². The second-order valence-electron chi connectivity index (χ2n) is 4.07. The van der Waals surface area contributed by atoms with E-state index in [9.17, 15) is 0 Å². The number of nitrogens with zero attached hydrogens (tertiary/aromatic N) is 1. The zero-order chi connectivity index (χ0) is 8.32. The molecule has 64 valence electrons. The summed E-state index contributed by atoms with van der Waals surface area (Å²) in [7, 11) is 0. The SMILES string of the molecule is CC(C)(C)CNC1=NCCN1. The second-order valence-corrected chi connectivity index (χ2v) is 4.07. The number of nitrogens with one attached hydrogen (secondary N) is 2. The summed E-state index contributed by atoms with van der Waals surface area (Å²) < 4.78 is 0. The topological polar surface area (TPSA) is 36.4 Å². The van der Waals surface area contributed by atoms with Gasteiger partial charge in [-0.3, -0.25) is 4.99 Å². The third kappa shape index (κ3) is 3.25. The second kappa shape index (κ2) is 3.11. The van der Waals surface area contributed by atoms with Crippen LogP contribution < -0.4 is 10.6 Å². The fraction of sp³-hybridized carbons (Fsp3) is 0.875. The number of guanidine groups is 1. The Balaban J connectivity index is 2.22. The van der Waals surface area contributed by atoms with Crippen LogP contribution in [0.4, 0.5) is 0 Å². The molecule has 3 heteroatoms. The van der Waals surface area contributed by atoms with E-state index in [-0.39, 0.29) is 0 Å². The molecule has 1 aliphatic heterocycles. The lowest BCUT2D eigenvalue weighted by molar-refractivity contribution is 0.407. The van der Waals surface area contributed by atoms with Crippen LogP contribution in [0.5, 0.6) is 0 Å². The van der Waals surface area contributed by atoms with Crippen LogP contribution in [0.2, 0.25) is 0 Å². The molecular weight excluding hydrogens is 138 g/mol. The number of rotatable bonds is 1. The largest absolute Gasteiger partial charge is 0.356 e. The third-order valence-electron chi connectivity index (χ3n) is 1.46. The summed E-state index contributed by atoms with van der Waals surface area (Å²) in [6.07, 6.45) is 0. The zero-order valence-corrected chi connectivity index (χ0v) is 7.57. The Morgan fingerprint density at radius 1 is 1.55 bits per heavy atom. The van der Waals surface area contributed by atoms with E-state index in [2.05, 4.69) is 36.4 Å². The summed E-state index contributed by atoms with van der Waals surface area (Å²) in [6, 6.07) is 0. The van der Waals surface area contributed by atoms with Crippen LogP contribution in [0.1, 0.15) is 20.8 Å². The molecule has 0 aromatic heterocycles. The van der Waals surface area contributed by atoms with E-state index in [0.717, 1.165) is 25.6 Å². The van der Waals surface area contributed by atoms with Gasteiger partial charge in [0.05, 0.1) is 6.54 Å². The maximum Gasteiger partial charge on any atom is 0.191 e. The summed E-state index contributed by atoms with van der Waals surface area (Å²) in [6.45, 7) is 9.47. The Hall–Kier alpha value is -0.730. The molecule has 0 spiro atoms. The monoisotopic (exact) mass is 155 g/mol. The van der Waals surface area contributed by atoms with Crippen LogP contribution in [0.15, 0.2) is 4.99 Å².